The molecule has 1 N–H and O–H groups in total. The van der Waals surface area contributed by atoms with Crippen molar-refractivity contribution in [2.75, 3.05) is 6.54 Å². The Hall–Kier alpha value is -0.730. The molecule has 0 saturated carbocycles. The van der Waals surface area contributed by atoms with Crippen LogP contribution in [0.15, 0.2) is 0 Å². The number of hydrogen-bond donors (Lipinski definition) is 1. The largest absolute Gasteiger partial charge is 0.336 e. The molecule has 0 heterocycles. The van der Waals surface area contributed by atoms with Crippen LogP contribution in [0.25, 0.3) is 0 Å². The summed E-state index contributed by atoms with van der Waals surface area (Å²) in [6, 6.07) is 0.570. The highest BCUT2D eigenvalue weighted by Gasteiger charge is 2.16. The summed E-state index contributed by atoms with van der Waals surface area (Å²) in [5.41, 5.74) is 0. The Morgan fingerprint density at radius 3 is 1.54 bits per heavy atom. The van der Waals surface area contributed by atoms with Gasteiger partial charge in [0.15, 0.2) is 0 Å². The lowest BCUT2D eigenvalue weighted by atomic mass is 10.1. The van der Waals surface area contributed by atoms with Crippen LogP contribution in [0.5, 0.6) is 0 Å². The van der Waals surface area contributed by atoms with Crippen LogP contribution in [-0.4, -0.2) is 29.6 Å². The number of amides is 2. The standard InChI is InChI=1S/C21H44N2O/c1-6-7-8-9-10-11-12-13-14-15-16-17-18-23(20(4)5)21(24)22-19(2)3/h19-20H,6-18H2,1-5H3,(H,22,24). The number of rotatable bonds is 15. The zero-order valence-electron chi connectivity index (χ0n) is 17.2. The summed E-state index contributed by atoms with van der Waals surface area (Å²) >= 11 is 0. The molecular formula is C21H44N2O. The van der Waals surface area contributed by atoms with Crippen molar-refractivity contribution in [3.8, 4) is 0 Å². The fourth-order valence-electron chi connectivity index (χ4n) is 3.05. The first-order valence-electron chi connectivity index (χ1n) is 10.6. The van der Waals surface area contributed by atoms with Crippen LogP contribution >= 0.6 is 0 Å². The Labute approximate surface area is 152 Å². The van der Waals surface area contributed by atoms with E-state index in [9.17, 15) is 4.79 Å². The van der Waals surface area contributed by atoms with Crippen molar-refractivity contribution in [3.63, 3.8) is 0 Å². The maximum atomic E-state index is 12.1. The van der Waals surface area contributed by atoms with Crippen LogP contribution in [0.1, 0.15) is 112 Å². The molecular weight excluding hydrogens is 296 g/mol. The Kier molecular flexibility index (Phi) is 15.3. The normalized spacial score (nSPS) is 11.3. The van der Waals surface area contributed by atoms with Gasteiger partial charge in [-0.25, -0.2) is 4.79 Å². The van der Waals surface area contributed by atoms with Gasteiger partial charge in [0.1, 0.15) is 0 Å². The molecule has 0 atom stereocenters. The fourth-order valence-corrected chi connectivity index (χ4v) is 3.05. The van der Waals surface area contributed by atoms with Gasteiger partial charge >= 0.3 is 6.03 Å². The molecule has 0 aromatic heterocycles. The zero-order chi connectivity index (χ0) is 18.2. The van der Waals surface area contributed by atoms with E-state index >= 15 is 0 Å². The van der Waals surface area contributed by atoms with Crippen molar-refractivity contribution in [2.45, 2.75) is 124 Å². The number of carbonyl (C=O) groups excluding carboxylic acids is 1. The van der Waals surface area contributed by atoms with E-state index < -0.39 is 0 Å². The lowest BCUT2D eigenvalue weighted by molar-refractivity contribution is 0.179. The summed E-state index contributed by atoms with van der Waals surface area (Å²) in [5, 5.41) is 3.00. The topological polar surface area (TPSA) is 32.3 Å². The Balaban J connectivity index is 3.54. The van der Waals surface area contributed by atoms with E-state index in [2.05, 4.69) is 26.1 Å². The van der Waals surface area contributed by atoms with Crippen LogP contribution in [0.4, 0.5) is 4.79 Å². The molecule has 0 spiro atoms. The second-order valence-electron chi connectivity index (χ2n) is 7.78. The molecule has 24 heavy (non-hydrogen) atoms. The van der Waals surface area contributed by atoms with E-state index in [0.29, 0.717) is 0 Å². The van der Waals surface area contributed by atoms with Gasteiger partial charge in [0.2, 0.25) is 0 Å². The molecule has 0 saturated heterocycles. The molecule has 0 rings (SSSR count). The van der Waals surface area contributed by atoms with E-state index in [1.807, 2.05) is 18.7 Å². The average Bonchev–Trinajstić information content (AvgIpc) is 2.50. The highest BCUT2D eigenvalue weighted by atomic mass is 16.2. The van der Waals surface area contributed by atoms with Crippen molar-refractivity contribution < 1.29 is 4.79 Å². The Morgan fingerprint density at radius 1 is 0.750 bits per heavy atom. The van der Waals surface area contributed by atoms with E-state index in [0.717, 1.165) is 13.0 Å². The number of nitrogens with one attached hydrogen (secondary N) is 1. The molecule has 0 aromatic rings. The van der Waals surface area contributed by atoms with Crippen molar-refractivity contribution in [1.82, 2.24) is 10.2 Å². The Bertz CT molecular complexity index is 290. The van der Waals surface area contributed by atoms with E-state index in [4.69, 9.17) is 0 Å². The Morgan fingerprint density at radius 2 is 1.17 bits per heavy atom. The summed E-state index contributed by atoms with van der Waals surface area (Å²) in [6.45, 7) is 11.4. The molecule has 3 nitrogen and oxygen atoms in total. The van der Waals surface area contributed by atoms with Crippen molar-refractivity contribution in [3.05, 3.63) is 0 Å². The van der Waals surface area contributed by atoms with Gasteiger partial charge in [-0.15, -0.1) is 0 Å². The second-order valence-corrected chi connectivity index (χ2v) is 7.78. The highest BCUT2D eigenvalue weighted by molar-refractivity contribution is 5.74. The van der Waals surface area contributed by atoms with E-state index in [1.165, 1.54) is 70.6 Å². The average molecular weight is 341 g/mol. The van der Waals surface area contributed by atoms with Gasteiger partial charge in [-0.1, -0.05) is 77.6 Å². The molecule has 0 bridgehead atoms. The first-order valence-corrected chi connectivity index (χ1v) is 10.6. The quantitative estimate of drug-likeness (QED) is 0.338. The maximum Gasteiger partial charge on any atom is 0.317 e. The van der Waals surface area contributed by atoms with Gasteiger partial charge in [0.05, 0.1) is 0 Å². The molecule has 0 fully saturated rings. The minimum atomic E-state index is 0.0862. The minimum absolute atomic E-state index is 0.0862. The number of hydrogen-bond acceptors (Lipinski definition) is 1. The SMILES string of the molecule is CCCCCCCCCCCCCCN(C(=O)NC(C)C)C(C)C. The summed E-state index contributed by atoms with van der Waals surface area (Å²) in [7, 11) is 0. The van der Waals surface area contributed by atoms with Crippen LogP contribution in [0, 0.1) is 0 Å². The molecule has 3 heteroatoms. The third kappa shape index (κ3) is 13.7. The van der Waals surface area contributed by atoms with Gasteiger partial charge < -0.3 is 10.2 Å². The van der Waals surface area contributed by atoms with Gasteiger partial charge in [0.25, 0.3) is 0 Å². The highest BCUT2D eigenvalue weighted by Crippen LogP contribution is 2.12. The number of unbranched alkanes of at least 4 members (excludes halogenated alkanes) is 11. The van der Waals surface area contributed by atoms with Gasteiger partial charge in [-0.05, 0) is 34.1 Å². The number of nitrogens with zero attached hydrogens (tertiary/aromatic N) is 1. The summed E-state index contributed by atoms with van der Waals surface area (Å²) in [6.07, 6.45) is 16.3. The number of urea groups is 1. The van der Waals surface area contributed by atoms with Crippen LogP contribution in [0.2, 0.25) is 0 Å². The van der Waals surface area contributed by atoms with E-state index in [1.54, 1.807) is 0 Å². The van der Waals surface area contributed by atoms with Gasteiger partial charge in [-0.2, -0.15) is 0 Å². The monoisotopic (exact) mass is 340 g/mol. The first-order chi connectivity index (χ1) is 11.5. The van der Waals surface area contributed by atoms with Crippen molar-refractivity contribution in [1.29, 1.82) is 0 Å². The predicted octanol–water partition coefficient (Wildman–Crippen LogP) is 6.52. The first kappa shape index (κ1) is 23.3. The second kappa shape index (κ2) is 15.8. The molecule has 0 aliphatic rings. The molecule has 144 valence electrons. The maximum absolute atomic E-state index is 12.1. The summed E-state index contributed by atoms with van der Waals surface area (Å²) in [4.78, 5) is 14.1. The fraction of sp³-hybridized carbons (Fsp3) is 0.952. The lowest BCUT2D eigenvalue weighted by Gasteiger charge is -2.28. The minimum Gasteiger partial charge on any atom is -0.336 e. The molecule has 0 unspecified atom stereocenters. The van der Waals surface area contributed by atoms with Crippen LogP contribution in [-0.2, 0) is 0 Å². The van der Waals surface area contributed by atoms with E-state index in [-0.39, 0.29) is 18.1 Å². The zero-order valence-corrected chi connectivity index (χ0v) is 17.2. The molecule has 0 aliphatic carbocycles. The van der Waals surface area contributed by atoms with Crippen molar-refractivity contribution in [2.24, 2.45) is 0 Å². The molecule has 0 aromatic carbocycles. The lowest BCUT2D eigenvalue weighted by Crippen LogP contribution is -2.46. The smallest absolute Gasteiger partial charge is 0.317 e. The summed E-state index contributed by atoms with van der Waals surface area (Å²) < 4.78 is 0. The molecule has 0 radical (unpaired) electrons. The van der Waals surface area contributed by atoms with Crippen LogP contribution < -0.4 is 5.32 Å². The van der Waals surface area contributed by atoms with Gasteiger partial charge in [-0.3, -0.25) is 0 Å². The molecule has 2 amide bonds. The van der Waals surface area contributed by atoms with Crippen molar-refractivity contribution >= 4 is 6.03 Å². The predicted molar refractivity (Wildman–Crippen MR) is 107 cm³/mol. The third-order valence-electron chi connectivity index (χ3n) is 4.55. The number of carbonyl (C=O) groups is 1. The third-order valence-corrected chi connectivity index (χ3v) is 4.55. The van der Waals surface area contributed by atoms with Crippen LogP contribution in [0.3, 0.4) is 0 Å². The summed E-state index contributed by atoms with van der Waals surface area (Å²) in [5.74, 6) is 0. The van der Waals surface area contributed by atoms with Gasteiger partial charge in [0, 0.05) is 18.6 Å². The molecule has 0 aliphatic heterocycles.